The van der Waals surface area contributed by atoms with Crippen LogP contribution >= 0.6 is 0 Å². The maximum Gasteiger partial charge on any atom is 0.213 e. The molecule has 0 atom stereocenters. The molecule has 2 heterocycles. The number of hydrogen-bond acceptors (Lipinski definition) is 4. The van der Waals surface area contributed by atoms with Gasteiger partial charge in [-0.05, 0) is 19.9 Å². The van der Waals surface area contributed by atoms with Gasteiger partial charge in [0.1, 0.15) is 0 Å². The quantitative estimate of drug-likeness (QED) is 0.880. The normalized spacial score (nSPS) is 10.7. The summed E-state index contributed by atoms with van der Waals surface area (Å²) in [5.74, 6) is 0.632. The Morgan fingerprint density at radius 1 is 1.39 bits per heavy atom. The molecular weight excluding hydrogens is 228 g/mol. The first-order valence-electron chi connectivity index (χ1n) is 5.97. The van der Waals surface area contributed by atoms with Crippen molar-refractivity contribution >= 4 is 5.69 Å². The fraction of sp³-hybridized carbons (Fsp3) is 0.385. The number of aromatic nitrogens is 3. The van der Waals surface area contributed by atoms with E-state index in [2.05, 4.69) is 29.2 Å². The first kappa shape index (κ1) is 12.4. The van der Waals surface area contributed by atoms with Gasteiger partial charge in [0.2, 0.25) is 5.88 Å². The van der Waals surface area contributed by atoms with Gasteiger partial charge in [0.05, 0.1) is 31.2 Å². The number of rotatable bonds is 5. The summed E-state index contributed by atoms with van der Waals surface area (Å²) in [6.45, 7) is 4.85. The molecule has 0 radical (unpaired) electrons. The van der Waals surface area contributed by atoms with Crippen LogP contribution in [0, 0.1) is 0 Å². The summed E-state index contributed by atoms with van der Waals surface area (Å²) in [5, 5.41) is 7.56. The van der Waals surface area contributed by atoms with Crippen molar-refractivity contribution in [1.29, 1.82) is 0 Å². The number of nitrogens with one attached hydrogen (secondary N) is 1. The fourth-order valence-corrected chi connectivity index (χ4v) is 1.57. The first-order chi connectivity index (χ1) is 8.69. The lowest BCUT2D eigenvalue weighted by Gasteiger charge is -2.05. The number of hydrogen-bond donors (Lipinski definition) is 1. The number of anilines is 1. The van der Waals surface area contributed by atoms with E-state index in [-0.39, 0.29) is 0 Å². The van der Waals surface area contributed by atoms with Crippen LogP contribution in [0.15, 0.2) is 30.6 Å². The van der Waals surface area contributed by atoms with Gasteiger partial charge < -0.3 is 10.1 Å². The van der Waals surface area contributed by atoms with Crippen molar-refractivity contribution in [3.05, 3.63) is 36.3 Å². The molecule has 2 aromatic heterocycles. The highest BCUT2D eigenvalue weighted by Gasteiger charge is 2.02. The molecule has 0 aromatic carbocycles. The van der Waals surface area contributed by atoms with Gasteiger partial charge in [-0.15, -0.1) is 0 Å². The van der Waals surface area contributed by atoms with Crippen LogP contribution in [-0.2, 0) is 6.54 Å². The van der Waals surface area contributed by atoms with Crippen molar-refractivity contribution in [3.63, 3.8) is 0 Å². The fourth-order valence-electron chi connectivity index (χ4n) is 1.57. The van der Waals surface area contributed by atoms with Gasteiger partial charge in [0, 0.05) is 18.3 Å². The van der Waals surface area contributed by atoms with Crippen molar-refractivity contribution in [2.75, 3.05) is 12.4 Å². The SMILES string of the molecule is COc1cccc(CNc2cnn(C(C)C)c2)n1. The number of nitrogens with zero attached hydrogens (tertiary/aromatic N) is 3. The largest absolute Gasteiger partial charge is 0.481 e. The Labute approximate surface area is 107 Å². The predicted molar refractivity (Wildman–Crippen MR) is 70.7 cm³/mol. The van der Waals surface area contributed by atoms with Crippen molar-refractivity contribution in [2.24, 2.45) is 0 Å². The summed E-state index contributed by atoms with van der Waals surface area (Å²) in [5.41, 5.74) is 1.93. The van der Waals surface area contributed by atoms with E-state index in [9.17, 15) is 0 Å². The summed E-state index contributed by atoms with van der Waals surface area (Å²) < 4.78 is 7.01. The van der Waals surface area contributed by atoms with Gasteiger partial charge in [0.25, 0.3) is 0 Å². The van der Waals surface area contributed by atoms with Crippen LogP contribution in [0.4, 0.5) is 5.69 Å². The third-order valence-corrected chi connectivity index (χ3v) is 2.59. The first-order valence-corrected chi connectivity index (χ1v) is 5.97. The molecule has 0 aliphatic heterocycles. The second-order valence-electron chi connectivity index (χ2n) is 4.33. The second kappa shape index (κ2) is 5.53. The standard InChI is InChI=1S/C13H18N4O/c1-10(2)17-9-12(8-15-17)14-7-11-5-4-6-13(16-11)18-3/h4-6,8-10,14H,7H2,1-3H3. The van der Waals surface area contributed by atoms with Crippen molar-refractivity contribution in [1.82, 2.24) is 14.8 Å². The van der Waals surface area contributed by atoms with Crippen LogP contribution < -0.4 is 10.1 Å². The minimum atomic E-state index is 0.371. The Morgan fingerprint density at radius 2 is 2.22 bits per heavy atom. The zero-order valence-corrected chi connectivity index (χ0v) is 10.9. The zero-order chi connectivity index (χ0) is 13.0. The summed E-state index contributed by atoms with van der Waals surface area (Å²) in [6.07, 6.45) is 3.81. The number of methoxy groups -OCH3 is 1. The maximum atomic E-state index is 5.09. The van der Waals surface area contributed by atoms with Gasteiger partial charge in [0.15, 0.2) is 0 Å². The van der Waals surface area contributed by atoms with Crippen LogP contribution in [0.2, 0.25) is 0 Å². The molecule has 2 aromatic rings. The van der Waals surface area contributed by atoms with E-state index in [0.717, 1.165) is 11.4 Å². The van der Waals surface area contributed by atoms with Crippen molar-refractivity contribution in [2.45, 2.75) is 26.4 Å². The Balaban J connectivity index is 1.97. The highest BCUT2D eigenvalue weighted by molar-refractivity contribution is 5.38. The van der Waals surface area contributed by atoms with Crippen LogP contribution in [0.1, 0.15) is 25.6 Å². The summed E-state index contributed by atoms with van der Waals surface area (Å²) >= 11 is 0. The predicted octanol–water partition coefficient (Wildman–Crippen LogP) is 2.48. The third kappa shape index (κ3) is 3.00. The molecule has 0 aliphatic carbocycles. The highest BCUT2D eigenvalue weighted by Crippen LogP contribution is 2.12. The molecule has 0 bridgehead atoms. The molecule has 0 amide bonds. The highest BCUT2D eigenvalue weighted by atomic mass is 16.5. The minimum Gasteiger partial charge on any atom is -0.481 e. The van der Waals surface area contributed by atoms with E-state index in [0.29, 0.717) is 18.5 Å². The summed E-state index contributed by atoms with van der Waals surface area (Å²) in [6, 6.07) is 6.10. The molecule has 0 aliphatic rings. The lowest BCUT2D eigenvalue weighted by molar-refractivity contribution is 0.396. The molecule has 18 heavy (non-hydrogen) atoms. The molecule has 5 nitrogen and oxygen atoms in total. The molecule has 96 valence electrons. The van der Waals surface area contributed by atoms with E-state index in [1.54, 1.807) is 7.11 Å². The maximum absolute atomic E-state index is 5.09. The van der Waals surface area contributed by atoms with E-state index >= 15 is 0 Å². The van der Waals surface area contributed by atoms with E-state index in [4.69, 9.17) is 4.74 Å². The summed E-state index contributed by atoms with van der Waals surface area (Å²) in [7, 11) is 1.62. The minimum absolute atomic E-state index is 0.371. The number of ether oxygens (including phenoxy) is 1. The monoisotopic (exact) mass is 246 g/mol. The van der Waals surface area contributed by atoms with Gasteiger partial charge in [-0.1, -0.05) is 6.07 Å². The molecular formula is C13H18N4O. The Kier molecular flexibility index (Phi) is 3.82. The van der Waals surface area contributed by atoms with Crippen LogP contribution in [-0.4, -0.2) is 21.9 Å². The Morgan fingerprint density at radius 3 is 2.89 bits per heavy atom. The van der Waals surface area contributed by atoms with Gasteiger partial charge in [-0.3, -0.25) is 4.68 Å². The van der Waals surface area contributed by atoms with Crippen LogP contribution in [0.3, 0.4) is 0 Å². The van der Waals surface area contributed by atoms with E-state index in [1.165, 1.54) is 0 Å². The third-order valence-electron chi connectivity index (χ3n) is 2.59. The Hall–Kier alpha value is -2.04. The second-order valence-corrected chi connectivity index (χ2v) is 4.33. The lowest BCUT2D eigenvalue weighted by atomic mass is 10.3. The molecule has 0 saturated heterocycles. The average molecular weight is 246 g/mol. The van der Waals surface area contributed by atoms with Crippen molar-refractivity contribution < 1.29 is 4.74 Å². The lowest BCUT2D eigenvalue weighted by Crippen LogP contribution is -2.02. The molecule has 1 N–H and O–H groups in total. The van der Waals surface area contributed by atoms with E-state index in [1.807, 2.05) is 35.3 Å². The smallest absolute Gasteiger partial charge is 0.213 e. The Bertz CT molecular complexity index is 507. The molecule has 2 rings (SSSR count). The molecule has 0 unspecified atom stereocenters. The van der Waals surface area contributed by atoms with Crippen LogP contribution in [0.25, 0.3) is 0 Å². The van der Waals surface area contributed by atoms with Crippen LogP contribution in [0.5, 0.6) is 5.88 Å². The molecule has 0 spiro atoms. The van der Waals surface area contributed by atoms with Gasteiger partial charge >= 0.3 is 0 Å². The topological polar surface area (TPSA) is 52.0 Å². The van der Waals surface area contributed by atoms with Crippen molar-refractivity contribution in [3.8, 4) is 5.88 Å². The number of pyridine rings is 1. The van der Waals surface area contributed by atoms with E-state index < -0.39 is 0 Å². The van der Waals surface area contributed by atoms with Gasteiger partial charge in [-0.2, -0.15) is 5.10 Å². The average Bonchev–Trinajstić information content (AvgIpc) is 2.85. The van der Waals surface area contributed by atoms with Gasteiger partial charge in [-0.25, -0.2) is 4.98 Å². The zero-order valence-electron chi connectivity index (χ0n) is 10.9. The summed E-state index contributed by atoms with van der Waals surface area (Å²) in [4.78, 5) is 4.34. The molecule has 0 fully saturated rings. The molecule has 0 saturated carbocycles. The molecule has 5 heteroatoms.